The third-order valence-electron chi connectivity index (χ3n) is 9.38. The van der Waals surface area contributed by atoms with Crippen molar-refractivity contribution in [2.24, 2.45) is 0 Å². The molecule has 0 fully saturated rings. The lowest BCUT2D eigenvalue weighted by atomic mass is 10.0. The Morgan fingerprint density at radius 3 is 2.10 bits per heavy atom. The van der Waals surface area contributed by atoms with E-state index in [1.54, 1.807) is 0 Å². The Balaban J connectivity index is 1.17. The summed E-state index contributed by atoms with van der Waals surface area (Å²) in [5.74, 6) is 0.598. The number of nitrogens with zero attached hydrogens (tertiary/aromatic N) is 2. The summed E-state index contributed by atoms with van der Waals surface area (Å²) in [4.78, 5) is 7.13. The van der Waals surface area contributed by atoms with Gasteiger partial charge in [0.25, 0.3) is 0 Å². The number of hydrogen-bond acceptors (Lipinski definition) is 5. The molecule has 10 rings (SSSR count). The summed E-state index contributed by atoms with van der Waals surface area (Å²) in [5, 5.41) is 4.22. The zero-order valence-corrected chi connectivity index (χ0v) is 25.9. The average molecular weight is 621 g/mol. The molecule has 9 aromatic rings. The van der Waals surface area contributed by atoms with Gasteiger partial charge < -0.3 is 18.2 Å². The number of benzene rings is 6. The normalized spacial score (nSPS) is 13.0. The fraction of sp³-hybridized carbons (Fsp3) is 0.0465. The number of fused-ring (bicyclic) bond motifs is 8. The summed E-state index contributed by atoms with van der Waals surface area (Å²) >= 11 is 0. The van der Waals surface area contributed by atoms with Crippen LogP contribution in [0.25, 0.3) is 78.4 Å². The van der Waals surface area contributed by atoms with E-state index in [9.17, 15) is 0 Å². The van der Waals surface area contributed by atoms with E-state index in [0.717, 1.165) is 90.1 Å². The average Bonchev–Trinajstić information content (AvgIpc) is 3.86. The van der Waals surface area contributed by atoms with E-state index in [1.165, 1.54) is 11.1 Å². The second-order valence-corrected chi connectivity index (χ2v) is 12.2. The first-order chi connectivity index (χ1) is 23.8. The minimum atomic E-state index is 0.598. The molecule has 6 aromatic carbocycles. The van der Waals surface area contributed by atoms with E-state index in [2.05, 4.69) is 89.8 Å². The number of hydrogen-bond donors (Lipinski definition) is 0. The van der Waals surface area contributed by atoms with Gasteiger partial charge in [-0.25, -0.2) is 4.98 Å². The molecule has 0 saturated heterocycles. The SMILES string of the molecule is C1=c2c(oc3ccccc23)=C(N(c2ccc(-c3ccccc3)cc2)c2ccc3c(c2)oc2ccc4nc(-c5ccccc5)oc4c23)CC1. The van der Waals surface area contributed by atoms with Crippen LogP contribution in [-0.2, 0) is 0 Å². The van der Waals surface area contributed by atoms with Gasteiger partial charge in [0.2, 0.25) is 5.89 Å². The molecule has 0 atom stereocenters. The van der Waals surface area contributed by atoms with Crippen LogP contribution in [0.3, 0.4) is 0 Å². The zero-order chi connectivity index (χ0) is 31.6. The fourth-order valence-corrected chi connectivity index (χ4v) is 7.13. The van der Waals surface area contributed by atoms with Crippen LogP contribution in [0.1, 0.15) is 12.8 Å². The molecule has 0 radical (unpaired) electrons. The number of anilines is 2. The lowest BCUT2D eigenvalue weighted by Gasteiger charge is -2.28. The maximum atomic E-state index is 6.59. The summed E-state index contributed by atoms with van der Waals surface area (Å²) in [7, 11) is 0. The lowest BCUT2D eigenvalue weighted by Crippen LogP contribution is -2.32. The van der Waals surface area contributed by atoms with Crippen molar-refractivity contribution in [3.05, 3.63) is 150 Å². The van der Waals surface area contributed by atoms with Crippen molar-refractivity contribution in [2.75, 3.05) is 4.90 Å². The van der Waals surface area contributed by atoms with Crippen LogP contribution in [0.5, 0.6) is 0 Å². The molecule has 1 aliphatic rings. The highest BCUT2D eigenvalue weighted by Gasteiger charge is 2.23. The van der Waals surface area contributed by atoms with Gasteiger partial charge in [0.15, 0.2) is 11.0 Å². The van der Waals surface area contributed by atoms with Gasteiger partial charge >= 0.3 is 0 Å². The first-order valence-corrected chi connectivity index (χ1v) is 16.3. The van der Waals surface area contributed by atoms with Crippen molar-refractivity contribution in [1.82, 2.24) is 4.98 Å². The van der Waals surface area contributed by atoms with E-state index in [0.29, 0.717) is 5.89 Å². The van der Waals surface area contributed by atoms with E-state index < -0.39 is 0 Å². The number of para-hydroxylation sites is 1. The summed E-state index contributed by atoms with van der Waals surface area (Å²) in [6.07, 6.45) is 4.06. The van der Waals surface area contributed by atoms with Crippen LogP contribution >= 0.6 is 0 Å². The highest BCUT2D eigenvalue weighted by Crippen LogP contribution is 2.41. The van der Waals surface area contributed by atoms with Gasteiger partial charge in [-0.15, -0.1) is 0 Å². The second-order valence-electron chi connectivity index (χ2n) is 12.2. The number of oxazole rings is 1. The number of aromatic nitrogens is 1. The van der Waals surface area contributed by atoms with Gasteiger partial charge in [-0.05, 0) is 78.6 Å². The van der Waals surface area contributed by atoms with E-state index >= 15 is 0 Å². The third kappa shape index (κ3) is 4.21. The van der Waals surface area contributed by atoms with E-state index in [-0.39, 0.29) is 0 Å². The summed E-state index contributed by atoms with van der Waals surface area (Å²) in [6, 6.07) is 47.9. The summed E-state index contributed by atoms with van der Waals surface area (Å²) in [5.41, 5.74) is 11.4. The van der Waals surface area contributed by atoms with Crippen LogP contribution in [-0.4, -0.2) is 4.98 Å². The molecule has 5 nitrogen and oxygen atoms in total. The Morgan fingerprint density at radius 1 is 0.542 bits per heavy atom. The van der Waals surface area contributed by atoms with Crippen LogP contribution in [0.4, 0.5) is 11.4 Å². The second kappa shape index (κ2) is 10.6. The molecule has 0 amide bonds. The first kappa shape index (κ1) is 26.8. The van der Waals surface area contributed by atoms with Crippen LogP contribution in [0, 0.1) is 0 Å². The Kier molecular flexibility index (Phi) is 5.93. The zero-order valence-electron chi connectivity index (χ0n) is 25.9. The third-order valence-corrected chi connectivity index (χ3v) is 9.38. The molecule has 3 aromatic heterocycles. The molecule has 0 unspecified atom stereocenters. The Labute approximate surface area is 275 Å². The number of rotatable bonds is 5. The van der Waals surface area contributed by atoms with E-state index in [1.807, 2.05) is 60.7 Å². The summed E-state index contributed by atoms with van der Waals surface area (Å²) in [6.45, 7) is 0. The molecule has 3 heterocycles. The largest absolute Gasteiger partial charge is 0.456 e. The lowest BCUT2D eigenvalue weighted by molar-refractivity contribution is 0.566. The van der Waals surface area contributed by atoms with E-state index in [4.69, 9.17) is 18.2 Å². The smallest absolute Gasteiger partial charge is 0.227 e. The molecule has 228 valence electrons. The molecular formula is C43H28N2O3. The number of furan rings is 2. The van der Waals surface area contributed by atoms with Gasteiger partial charge in [0.05, 0.1) is 11.1 Å². The standard InChI is InChI=1S/C43H28N2O3/c1-3-10-27(11-4-1)28-18-20-30(21-19-28)45(36-16-9-15-33-32-14-7-8-17-37(32)47-41(33)36)31-22-23-34-39(26-31)46-38-25-24-35-42(40(34)38)48-43(44-35)29-12-5-2-6-13-29/h1-8,10-15,17-26H,9,16H2. The van der Waals surface area contributed by atoms with Gasteiger partial charge in [-0.2, -0.15) is 0 Å². The fourth-order valence-electron chi connectivity index (χ4n) is 7.13. The Bertz CT molecular complexity index is 2770. The van der Waals surface area contributed by atoms with Gasteiger partial charge in [0.1, 0.15) is 22.3 Å². The van der Waals surface area contributed by atoms with Gasteiger partial charge in [-0.1, -0.05) is 84.9 Å². The molecule has 0 N–H and O–H groups in total. The maximum Gasteiger partial charge on any atom is 0.227 e. The van der Waals surface area contributed by atoms with Gasteiger partial charge in [-0.3, -0.25) is 0 Å². The highest BCUT2D eigenvalue weighted by molar-refractivity contribution is 6.17. The Morgan fingerprint density at radius 2 is 1.27 bits per heavy atom. The van der Waals surface area contributed by atoms with Crippen LogP contribution < -0.4 is 15.5 Å². The van der Waals surface area contributed by atoms with Crippen molar-refractivity contribution >= 4 is 67.2 Å². The van der Waals surface area contributed by atoms with Crippen molar-refractivity contribution in [3.8, 4) is 22.6 Å². The monoisotopic (exact) mass is 620 g/mol. The quantitative estimate of drug-likeness (QED) is 0.192. The minimum Gasteiger partial charge on any atom is -0.456 e. The predicted octanol–water partition coefficient (Wildman–Crippen LogP) is 10.3. The molecule has 0 aliphatic heterocycles. The topological polar surface area (TPSA) is 55.6 Å². The van der Waals surface area contributed by atoms with Crippen LogP contribution in [0.2, 0.25) is 0 Å². The molecule has 0 spiro atoms. The van der Waals surface area contributed by atoms with Crippen molar-refractivity contribution in [2.45, 2.75) is 12.8 Å². The highest BCUT2D eigenvalue weighted by atomic mass is 16.4. The molecule has 5 heteroatoms. The Hall–Kier alpha value is -6.33. The first-order valence-electron chi connectivity index (χ1n) is 16.3. The van der Waals surface area contributed by atoms with Crippen LogP contribution in [0.15, 0.2) is 153 Å². The summed E-state index contributed by atoms with van der Waals surface area (Å²) < 4.78 is 19.5. The van der Waals surface area contributed by atoms with Crippen molar-refractivity contribution < 1.29 is 13.3 Å². The molecule has 0 saturated carbocycles. The molecule has 48 heavy (non-hydrogen) atoms. The van der Waals surface area contributed by atoms with Crippen molar-refractivity contribution in [1.29, 1.82) is 0 Å². The molecule has 1 aliphatic carbocycles. The maximum absolute atomic E-state index is 6.59. The van der Waals surface area contributed by atoms with Gasteiger partial charge in [0, 0.05) is 39.0 Å². The minimum absolute atomic E-state index is 0.598. The molecular weight excluding hydrogens is 592 g/mol. The molecule has 0 bridgehead atoms. The van der Waals surface area contributed by atoms with Crippen molar-refractivity contribution in [3.63, 3.8) is 0 Å². The predicted molar refractivity (Wildman–Crippen MR) is 193 cm³/mol.